The molecule has 0 spiro atoms. The first kappa shape index (κ1) is 23.6. The van der Waals surface area contributed by atoms with Gasteiger partial charge in [-0.15, -0.1) is 0 Å². The molecule has 33 heavy (non-hydrogen) atoms. The second kappa shape index (κ2) is 8.32. The molecule has 4 rings (SSSR count). The Kier molecular flexibility index (Phi) is 5.94. The third-order valence-corrected chi connectivity index (χ3v) is 8.15. The molecular weight excluding hydrogens is 450 g/mol. The lowest BCUT2D eigenvalue weighted by atomic mass is 9.91. The first-order valence-corrected chi connectivity index (χ1v) is 12.8. The van der Waals surface area contributed by atoms with E-state index in [2.05, 4.69) is 5.32 Å². The predicted molar refractivity (Wildman–Crippen MR) is 122 cm³/mol. The number of fused-ring (bicyclic) bond motifs is 3. The molecular formula is C23H29NO8S. The lowest BCUT2D eigenvalue weighted by Crippen LogP contribution is -2.42. The second-order valence-electron chi connectivity index (χ2n) is 9.43. The second-order valence-corrected chi connectivity index (χ2v) is 11.6. The average molecular weight is 480 g/mol. The van der Waals surface area contributed by atoms with Gasteiger partial charge in [0.1, 0.15) is 22.7 Å². The minimum Gasteiger partial charge on any atom is -0.496 e. The van der Waals surface area contributed by atoms with E-state index in [0.29, 0.717) is 40.0 Å². The molecule has 1 saturated heterocycles. The molecule has 1 fully saturated rings. The molecule has 0 unspecified atom stereocenters. The van der Waals surface area contributed by atoms with Crippen molar-refractivity contribution < 1.29 is 32.2 Å². The molecule has 0 radical (unpaired) electrons. The number of nitrogens with one attached hydrogen (secondary N) is 1. The van der Waals surface area contributed by atoms with Crippen molar-refractivity contribution in [3.63, 3.8) is 0 Å². The molecule has 3 heterocycles. The molecule has 0 saturated carbocycles. The number of carbonyl (C=O) groups excluding carboxylic acids is 1. The predicted octanol–water partition coefficient (Wildman–Crippen LogP) is 1.42. The van der Waals surface area contributed by atoms with Crippen LogP contribution < -0.4 is 20.4 Å². The number of aliphatic hydroxyl groups excluding tert-OH is 1. The van der Waals surface area contributed by atoms with Gasteiger partial charge in [-0.3, -0.25) is 4.79 Å². The number of ether oxygens (including phenoxy) is 2. The van der Waals surface area contributed by atoms with E-state index in [9.17, 15) is 23.1 Å². The molecule has 2 aliphatic rings. The van der Waals surface area contributed by atoms with Crippen LogP contribution in [0.25, 0.3) is 11.0 Å². The molecule has 2 atom stereocenters. The van der Waals surface area contributed by atoms with Gasteiger partial charge in [-0.1, -0.05) is 0 Å². The van der Waals surface area contributed by atoms with E-state index in [1.807, 2.05) is 19.9 Å². The van der Waals surface area contributed by atoms with Gasteiger partial charge in [-0.25, -0.2) is 13.2 Å². The number of sulfone groups is 1. The Labute approximate surface area is 192 Å². The van der Waals surface area contributed by atoms with E-state index in [0.717, 1.165) is 12.0 Å². The zero-order chi connectivity index (χ0) is 24.1. The fourth-order valence-corrected chi connectivity index (χ4v) is 6.36. The van der Waals surface area contributed by atoms with Crippen LogP contribution in [-0.4, -0.2) is 55.8 Å². The zero-order valence-corrected chi connectivity index (χ0v) is 20.0. The fraction of sp³-hybridized carbons (Fsp3) is 0.565. The highest BCUT2D eigenvalue weighted by atomic mass is 32.2. The van der Waals surface area contributed by atoms with E-state index in [4.69, 9.17) is 13.9 Å². The maximum Gasteiger partial charge on any atom is 0.339 e. The first-order chi connectivity index (χ1) is 15.4. The van der Waals surface area contributed by atoms with Gasteiger partial charge in [0.25, 0.3) is 0 Å². The van der Waals surface area contributed by atoms with Gasteiger partial charge in [-0.05, 0) is 45.6 Å². The van der Waals surface area contributed by atoms with Crippen molar-refractivity contribution >= 4 is 26.7 Å². The van der Waals surface area contributed by atoms with Crippen molar-refractivity contribution in [2.45, 2.75) is 64.2 Å². The van der Waals surface area contributed by atoms with Crippen molar-refractivity contribution in [3.8, 4) is 11.5 Å². The Morgan fingerprint density at radius 3 is 2.70 bits per heavy atom. The molecule has 2 aliphatic heterocycles. The number of benzene rings is 1. The van der Waals surface area contributed by atoms with E-state index >= 15 is 0 Å². The molecule has 9 nitrogen and oxygen atoms in total. The van der Waals surface area contributed by atoms with Gasteiger partial charge in [0.2, 0.25) is 5.91 Å². The highest BCUT2D eigenvalue weighted by Gasteiger charge is 2.37. The summed E-state index contributed by atoms with van der Waals surface area (Å²) in [6.07, 6.45) is 0.392. The SMILES string of the molecule is COc1cc2c(c3oc(=O)c(CCC(=O)N[C@H]4CS(=O)(=O)C[C@H]4O)c(C)c13)CCC(C)(C)O2. The summed E-state index contributed by atoms with van der Waals surface area (Å²) in [5.74, 6) is 0.0558. The van der Waals surface area contributed by atoms with Crippen LogP contribution in [0.15, 0.2) is 15.3 Å². The summed E-state index contributed by atoms with van der Waals surface area (Å²) < 4.78 is 40.7. The van der Waals surface area contributed by atoms with Crippen LogP contribution in [0, 0.1) is 6.92 Å². The number of aliphatic hydroxyl groups is 1. The van der Waals surface area contributed by atoms with Gasteiger partial charge in [0.15, 0.2) is 9.84 Å². The van der Waals surface area contributed by atoms with Crippen LogP contribution in [0.5, 0.6) is 11.5 Å². The number of hydrogen-bond donors (Lipinski definition) is 2. The van der Waals surface area contributed by atoms with Gasteiger partial charge >= 0.3 is 5.63 Å². The van der Waals surface area contributed by atoms with Crippen LogP contribution in [0.2, 0.25) is 0 Å². The third-order valence-electron chi connectivity index (χ3n) is 6.43. The van der Waals surface area contributed by atoms with Crippen LogP contribution in [0.4, 0.5) is 0 Å². The fourth-order valence-electron chi connectivity index (χ4n) is 4.62. The third kappa shape index (κ3) is 4.59. The molecule has 2 N–H and O–H groups in total. The summed E-state index contributed by atoms with van der Waals surface area (Å²) in [5.41, 5.74) is 1.42. The van der Waals surface area contributed by atoms with Gasteiger partial charge in [0, 0.05) is 23.6 Å². The Balaban J connectivity index is 1.62. The van der Waals surface area contributed by atoms with Gasteiger partial charge in [0.05, 0.1) is 36.1 Å². The summed E-state index contributed by atoms with van der Waals surface area (Å²) in [6.45, 7) is 5.80. The van der Waals surface area contributed by atoms with Crippen LogP contribution in [0.3, 0.4) is 0 Å². The van der Waals surface area contributed by atoms with Gasteiger partial charge < -0.3 is 24.3 Å². The van der Waals surface area contributed by atoms with Crippen molar-refractivity contribution in [1.29, 1.82) is 0 Å². The van der Waals surface area contributed by atoms with Crippen molar-refractivity contribution in [1.82, 2.24) is 5.32 Å². The molecule has 10 heteroatoms. The number of methoxy groups -OCH3 is 1. The number of aryl methyl sites for hydroxylation is 2. The molecule has 1 aromatic carbocycles. The lowest BCUT2D eigenvalue weighted by molar-refractivity contribution is -0.122. The summed E-state index contributed by atoms with van der Waals surface area (Å²) in [7, 11) is -1.84. The van der Waals surface area contributed by atoms with E-state index in [1.165, 1.54) is 7.11 Å². The molecule has 2 aromatic rings. The lowest BCUT2D eigenvalue weighted by Gasteiger charge is -2.33. The summed E-state index contributed by atoms with van der Waals surface area (Å²) in [4.78, 5) is 25.3. The van der Waals surface area contributed by atoms with Crippen LogP contribution >= 0.6 is 0 Å². The summed E-state index contributed by atoms with van der Waals surface area (Å²) in [6, 6.07) is 0.969. The smallest absolute Gasteiger partial charge is 0.339 e. The maximum absolute atomic E-state index is 12.9. The minimum absolute atomic E-state index is 0.0507. The molecule has 180 valence electrons. The first-order valence-electron chi connectivity index (χ1n) is 10.9. The molecule has 0 aliphatic carbocycles. The number of hydrogen-bond acceptors (Lipinski definition) is 8. The Hall–Kier alpha value is -2.59. The number of rotatable bonds is 5. The molecule has 1 amide bonds. The number of amides is 1. The monoisotopic (exact) mass is 479 g/mol. The standard InChI is InChI=1S/C23H29NO8S/c1-12-13(5-6-19(26)24-15-10-33(28,29)11-16(15)25)22(27)31-21-14-7-8-23(2,3)32-17(14)9-18(30-4)20(12)21/h9,15-16,25H,5-8,10-11H2,1-4H3,(H,24,26)/t15-,16+/m0/s1. The van der Waals surface area contributed by atoms with E-state index in [-0.39, 0.29) is 29.9 Å². The highest BCUT2D eigenvalue weighted by molar-refractivity contribution is 7.91. The van der Waals surface area contributed by atoms with E-state index < -0.39 is 33.5 Å². The quantitative estimate of drug-likeness (QED) is 0.616. The summed E-state index contributed by atoms with van der Waals surface area (Å²) >= 11 is 0. The zero-order valence-electron chi connectivity index (χ0n) is 19.2. The Morgan fingerprint density at radius 2 is 2.06 bits per heavy atom. The summed E-state index contributed by atoms with van der Waals surface area (Å²) in [5, 5.41) is 13.1. The van der Waals surface area contributed by atoms with Crippen LogP contribution in [0.1, 0.15) is 43.4 Å². The maximum atomic E-state index is 12.9. The van der Waals surface area contributed by atoms with Crippen molar-refractivity contribution in [2.24, 2.45) is 0 Å². The average Bonchev–Trinajstić information content (AvgIpc) is 2.96. The van der Waals surface area contributed by atoms with E-state index in [1.54, 1.807) is 6.92 Å². The molecule has 1 aromatic heterocycles. The largest absolute Gasteiger partial charge is 0.496 e. The topological polar surface area (TPSA) is 132 Å². The Morgan fingerprint density at radius 1 is 1.33 bits per heavy atom. The molecule has 0 bridgehead atoms. The van der Waals surface area contributed by atoms with Crippen molar-refractivity contribution in [3.05, 3.63) is 33.2 Å². The minimum atomic E-state index is -3.37. The Bertz CT molecular complexity index is 1280. The van der Waals surface area contributed by atoms with Crippen molar-refractivity contribution in [2.75, 3.05) is 18.6 Å². The highest BCUT2D eigenvalue weighted by Crippen LogP contribution is 2.43. The van der Waals surface area contributed by atoms with Crippen LogP contribution in [-0.2, 0) is 27.5 Å². The number of carbonyl (C=O) groups is 1. The van der Waals surface area contributed by atoms with Gasteiger partial charge in [-0.2, -0.15) is 0 Å². The normalized spacial score (nSPS) is 23.1.